The van der Waals surface area contributed by atoms with Crippen LogP contribution in [0.15, 0.2) is 199 Å². The summed E-state index contributed by atoms with van der Waals surface area (Å²) in [6.45, 7) is 1.33. The van der Waals surface area contributed by atoms with Crippen LogP contribution in [0.2, 0.25) is 0 Å². The molecule has 65 heavy (non-hydrogen) atoms. The minimum Gasteiger partial charge on any atom is -0.309 e. The van der Waals surface area contributed by atoms with Crippen LogP contribution in [0.1, 0.15) is 73.4 Å². The highest BCUT2D eigenvalue weighted by molar-refractivity contribution is 6.31. The van der Waals surface area contributed by atoms with Crippen molar-refractivity contribution in [1.29, 1.82) is 0 Å². The summed E-state index contributed by atoms with van der Waals surface area (Å²) in [4.78, 5) is 0. The lowest BCUT2D eigenvalue weighted by Crippen LogP contribution is -2.01. The second kappa shape index (κ2) is 12.0. The van der Waals surface area contributed by atoms with Crippen molar-refractivity contribution in [2.75, 3.05) is 0 Å². The Bertz CT molecular complexity index is 6360. The van der Waals surface area contributed by atoms with E-state index in [1.54, 1.807) is 0 Å². The van der Waals surface area contributed by atoms with Crippen molar-refractivity contribution in [1.82, 2.24) is 13.5 Å². The lowest BCUT2D eigenvalue weighted by atomic mass is 9.88. The van der Waals surface area contributed by atoms with Crippen molar-refractivity contribution >= 4 is 81.7 Å². The van der Waals surface area contributed by atoms with Gasteiger partial charge in [0.1, 0.15) is 0 Å². The molecule has 0 spiro atoms. The fourth-order valence-corrected chi connectivity index (χ4v) is 10.2. The summed E-state index contributed by atoms with van der Waals surface area (Å²) in [6.07, 6.45) is 0. The fraction of sp³-hybridized carbons (Fsp3) is 0.0323. The van der Waals surface area contributed by atoms with Crippen molar-refractivity contribution < 1.29 is 45.2 Å². The van der Waals surface area contributed by atoms with Gasteiger partial charge in [-0.2, -0.15) is 0 Å². The molecule has 0 amide bonds. The third kappa shape index (κ3) is 4.18. The predicted octanol–water partition coefficient (Wildman–Crippen LogP) is 16.1. The second-order valence-electron chi connectivity index (χ2n) is 15.8. The molecule has 1 unspecified atom stereocenters. The van der Waals surface area contributed by atoms with Gasteiger partial charge in [-0.3, -0.25) is 0 Å². The van der Waals surface area contributed by atoms with Gasteiger partial charge in [0.2, 0.25) is 0 Å². The number of hydrogen-bond donors (Lipinski definition) is 0. The van der Waals surface area contributed by atoms with Gasteiger partial charge < -0.3 is 13.5 Å². The van der Waals surface area contributed by atoms with Gasteiger partial charge in [0.15, 0.2) is 0 Å². The van der Waals surface area contributed by atoms with E-state index in [1.807, 2.05) is 0 Å². The molecule has 0 saturated heterocycles. The smallest absolute Gasteiger partial charge is 0.0648 e. The van der Waals surface area contributed by atoms with Crippen LogP contribution in [0.25, 0.3) is 126 Å². The quantitative estimate of drug-likeness (QED) is 0.168. The summed E-state index contributed by atoms with van der Waals surface area (Å²) >= 11 is 0. The van der Waals surface area contributed by atoms with E-state index in [0.717, 1.165) is 13.5 Å². The zero-order valence-electron chi connectivity index (χ0n) is 65.9. The molecule has 0 N–H and O–H groups in total. The van der Waals surface area contributed by atoms with Crippen molar-refractivity contribution in [2.45, 2.75) is 12.8 Å². The van der Waals surface area contributed by atoms with Crippen LogP contribution in [0.4, 0.5) is 0 Å². The monoisotopic (exact) mass is 857 g/mol. The van der Waals surface area contributed by atoms with Gasteiger partial charge in [0.25, 0.3) is 0 Å². The molecule has 0 fully saturated rings. The zero-order valence-corrected chi connectivity index (χ0v) is 32.9. The number of benzene rings is 10. The van der Waals surface area contributed by atoms with Crippen LogP contribution in [0.3, 0.4) is 0 Å². The Morgan fingerprint density at radius 2 is 1.03 bits per heavy atom. The Morgan fingerprint density at radius 3 is 1.85 bits per heavy atom. The van der Waals surface area contributed by atoms with E-state index in [-0.39, 0.29) is 55.0 Å². The summed E-state index contributed by atoms with van der Waals surface area (Å²) in [5, 5.41) is -3.43. The average molecular weight is 857 g/mol. The van der Waals surface area contributed by atoms with Crippen LogP contribution in [-0.2, 0) is 0 Å². The third-order valence-corrected chi connectivity index (χ3v) is 12.6. The number of aromatic nitrogens is 3. The zero-order chi connectivity index (χ0) is 71.0. The molecule has 0 bridgehead atoms. The van der Waals surface area contributed by atoms with Crippen LogP contribution in [0, 0.1) is 6.92 Å². The first-order valence-electron chi connectivity index (χ1n) is 36.6. The molecule has 14 aromatic rings. The van der Waals surface area contributed by atoms with E-state index in [9.17, 15) is 31.5 Å². The molecule has 3 nitrogen and oxygen atoms in total. The first kappa shape index (κ1) is 16.0. The standard InChI is InChI=1S/C62H37N3/c1-35-31-49-44-21-10-20-43-48-34-38(28-30-51(48)65(62(43)44)54-26-12-25-53-60(54)59(49)55(32-35)63(53)39-15-6-3-7-16-39)37-27-29-50-47(33-37)42-19-9-18-41-40-17-8-22-45-56(36-13-4-2-5-14-36)46-23-11-24-52(58(46)57(40)45)64(50)61(41)42/h2-34,56H,1H3/i2D,3D,4D,5D,6D,7D,8D,9D,10D,11D,12D,13D,14D,15D,16D,17D,18D,19D,20D,21D,22D,23D,24D,25D,26D,27D,28D,29D,30D,31D,32D,33D,34D. The Labute approximate surface area is 420 Å². The Hall–Kier alpha value is -8.40. The van der Waals surface area contributed by atoms with Gasteiger partial charge in [-0.1, -0.05) is 139 Å². The molecule has 0 saturated carbocycles. The maximum Gasteiger partial charge on any atom is 0.0648 e. The molecule has 0 radical (unpaired) electrons. The van der Waals surface area contributed by atoms with E-state index in [2.05, 4.69) is 0 Å². The number of nitrogens with zero attached hydrogens (tertiary/aromatic N) is 3. The van der Waals surface area contributed by atoms with E-state index in [1.165, 1.54) is 6.92 Å². The van der Waals surface area contributed by atoms with E-state index < -0.39 is 299 Å². The maximum absolute atomic E-state index is 10.4. The first-order chi connectivity index (χ1) is 46.0. The van der Waals surface area contributed by atoms with Crippen molar-refractivity contribution in [3.63, 3.8) is 0 Å². The highest BCUT2D eigenvalue weighted by atomic mass is 15.0. The molecule has 3 heteroatoms. The molecular formula is C62H37N3. The predicted molar refractivity (Wildman–Crippen MR) is 272 cm³/mol. The van der Waals surface area contributed by atoms with Crippen LogP contribution in [-0.4, -0.2) is 13.5 Å². The number of para-hydroxylation sites is 3. The molecule has 10 aromatic carbocycles. The maximum atomic E-state index is 10.4. The van der Waals surface area contributed by atoms with Crippen molar-refractivity contribution in [3.05, 3.63) is 222 Å². The SMILES string of the molecule is [2H]c1c([2H])c([2H])c(C2c3c([2H])c([2H])c([2H])c4c3-c3c2c([2H])c([2H])c([2H])c3-n2c3c([2H])c([2H])c(-c5c([2H])c([2H])c6c(c5[2H])c5c([2H])c([2H])c([2H])c7c8c([2H])c(C)c([2H])c9c8c8c(c([2H])c([2H])c([2H])c8n6c75)n9-c5c([2H])c([2H])c([2H])c([2H])c5[2H])c([2H])c3c3c([2H])c([2H])c([2H])c-4c32)c([2H])c1[2H]. The lowest BCUT2D eigenvalue weighted by molar-refractivity contribution is 1.01. The molecular weight excluding hydrogens is 787 g/mol. The number of fused-ring (bicyclic) bond motifs is 10. The van der Waals surface area contributed by atoms with Gasteiger partial charge in [0.05, 0.1) is 89.5 Å². The second-order valence-corrected chi connectivity index (χ2v) is 15.8. The van der Waals surface area contributed by atoms with Gasteiger partial charge >= 0.3 is 0 Å². The first-order valence-corrected chi connectivity index (χ1v) is 20.1. The normalized spacial score (nSPS) is 21.2. The van der Waals surface area contributed by atoms with Gasteiger partial charge in [0, 0.05) is 60.4 Å². The largest absolute Gasteiger partial charge is 0.309 e. The summed E-state index contributed by atoms with van der Waals surface area (Å²) < 4.78 is 315. The molecule has 1 aliphatic carbocycles. The molecule has 5 heterocycles. The number of rotatable bonds is 3. The summed E-state index contributed by atoms with van der Waals surface area (Å²) in [5.74, 6) is -1.81. The summed E-state index contributed by atoms with van der Waals surface area (Å²) in [6, 6.07) is -27.9. The molecule has 1 aliphatic heterocycles. The average Bonchev–Trinajstić information content (AvgIpc) is 1.53. The summed E-state index contributed by atoms with van der Waals surface area (Å²) in [7, 11) is 0. The van der Waals surface area contributed by atoms with Gasteiger partial charge in [-0.05, 0) is 117 Å². The molecule has 16 rings (SSSR count). The highest BCUT2D eigenvalue weighted by Gasteiger charge is 2.37. The third-order valence-electron chi connectivity index (χ3n) is 12.6. The topological polar surface area (TPSA) is 14.3 Å². The Balaban J connectivity index is 1.11. The van der Waals surface area contributed by atoms with Crippen LogP contribution < -0.4 is 0 Å². The van der Waals surface area contributed by atoms with Crippen LogP contribution in [0.5, 0.6) is 0 Å². The molecule has 2 aliphatic rings. The lowest BCUT2D eigenvalue weighted by Gasteiger charge is -2.17. The Kier molecular flexibility index (Phi) is 2.95. The van der Waals surface area contributed by atoms with E-state index >= 15 is 0 Å². The molecule has 4 aromatic heterocycles. The summed E-state index contributed by atoms with van der Waals surface area (Å²) in [5.41, 5.74) is -9.10. The molecule has 300 valence electrons. The Morgan fingerprint density at radius 1 is 0.400 bits per heavy atom. The van der Waals surface area contributed by atoms with Crippen molar-refractivity contribution in [2.24, 2.45) is 0 Å². The van der Waals surface area contributed by atoms with Gasteiger partial charge in [-0.25, -0.2) is 0 Å². The van der Waals surface area contributed by atoms with E-state index in [0.29, 0.717) is 0 Å². The minimum atomic E-state index is -1.81. The molecule has 1 atom stereocenters. The van der Waals surface area contributed by atoms with Gasteiger partial charge in [-0.15, -0.1) is 0 Å². The van der Waals surface area contributed by atoms with Crippen molar-refractivity contribution in [3.8, 4) is 44.8 Å². The minimum absolute atomic E-state index is 0.170. The fourth-order valence-electron chi connectivity index (χ4n) is 10.2. The highest BCUT2D eigenvalue weighted by Crippen LogP contribution is 2.57. The number of hydrogen-bond acceptors (Lipinski definition) is 0. The van der Waals surface area contributed by atoms with E-state index in [4.69, 9.17) is 13.7 Å². The van der Waals surface area contributed by atoms with Crippen LogP contribution >= 0.6 is 0 Å².